The van der Waals surface area contributed by atoms with E-state index in [1.807, 2.05) is 4.98 Å². The molecular weight excluding hydrogens is 160 g/mol. The normalized spacial score (nSPS) is 9.75. The lowest BCUT2D eigenvalue weighted by molar-refractivity contribution is 0.0986. The molecule has 1 aromatic rings. The molecular formula is C7H8N2O3. The van der Waals surface area contributed by atoms with Gasteiger partial charge in [0.15, 0.2) is 5.78 Å². The van der Waals surface area contributed by atoms with Crippen LogP contribution in [-0.4, -0.2) is 15.8 Å². The molecule has 0 aliphatic heterocycles. The number of hydrogen-bond donors (Lipinski definition) is 2. The van der Waals surface area contributed by atoms with E-state index in [1.165, 1.54) is 0 Å². The molecule has 0 saturated carbocycles. The summed E-state index contributed by atoms with van der Waals surface area (Å²) in [7, 11) is 0. The zero-order valence-electron chi connectivity index (χ0n) is 6.51. The highest BCUT2D eigenvalue weighted by Crippen LogP contribution is 1.91. The maximum atomic E-state index is 11.0. The zero-order valence-corrected chi connectivity index (χ0v) is 6.51. The van der Waals surface area contributed by atoms with Crippen LogP contribution in [0.5, 0.6) is 0 Å². The molecule has 0 atom stereocenters. The highest BCUT2D eigenvalue weighted by molar-refractivity contribution is 5.95. The number of aromatic nitrogens is 2. The van der Waals surface area contributed by atoms with Crippen LogP contribution in [0.2, 0.25) is 0 Å². The van der Waals surface area contributed by atoms with Crippen LogP contribution in [0, 0.1) is 0 Å². The van der Waals surface area contributed by atoms with E-state index in [0.29, 0.717) is 0 Å². The molecule has 0 saturated heterocycles. The summed E-state index contributed by atoms with van der Waals surface area (Å²) in [5.74, 6) is -0.285. The fourth-order valence-electron chi connectivity index (χ4n) is 0.807. The second-order valence-electron chi connectivity index (χ2n) is 2.26. The van der Waals surface area contributed by atoms with Crippen LogP contribution in [0.3, 0.4) is 0 Å². The van der Waals surface area contributed by atoms with E-state index in [1.54, 1.807) is 6.92 Å². The molecule has 5 heteroatoms. The van der Waals surface area contributed by atoms with Gasteiger partial charge in [0.1, 0.15) is 0 Å². The third-order valence-corrected chi connectivity index (χ3v) is 1.44. The highest BCUT2D eigenvalue weighted by Gasteiger charge is 2.07. The Labute approximate surface area is 67.5 Å². The van der Waals surface area contributed by atoms with Crippen LogP contribution in [0.15, 0.2) is 15.8 Å². The van der Waals surface area contributed by atoms with Crippen molar-refractivity contribution in [2.45, 2.75) is 13.3 Å². The molecule has 2 N–H and O–H groups in total. The quantitative estimate of drug-likeness (QED) is 0.592. The Balaban J connectivity index is 3.28. The Morgan fingerprint density at radius 3 is 2.67 bits per heavy atom. The van der Waals surface area contributed by atoms with E-state index in [0.717, 1.165) is 6.20 Å². The summed E-state index contributed by atoms with van der Waals surface area (Å²) in [4.78, 5) is 36.7. The zero-order chi connectivity index (χ0) is 9.14. The predicted molar refractivity (Wildman–Crippen MR) is 42.3 cm³/mol. The first-order chi connectivity index (χ1) is 5.65. The minimum absolute atomic E-state index is 0.00269. The second kappa shape index (κ2) is 3.17. The number of carbonyl (C=O) groups excluding carboxylic acids is 1. The van der Waals surface area contributed by atoms with Crippen molar-refractivity contribution in [3.63, 3.8) is 0 Å². The van der Waals surface area contributed by atoms with Gasteiger partial charge < -0.3 is 4.98 Å². The van der Waals surface area contributed by atoms with Crippen LogP contribution < -0.4 is 11.2 Å². The molecule has 0 bridgehead atoms. The lowest BCUT2D eigenvalue weighted by atomic mass is 10.2. The number of rotatable bonds is 2. The monoisotopic (exact) mass is 168 g/mol. The molecule has 0 spiro atoms. The van der Waals surface area contributed by atoms with Crippen molar-refractivity contribution in [3.05, 3.63) is 32.6 Å². The molecule has 1 rings (SSSR count). The number of Topliss-reactive ketones (excluding diaryl/α,β-unsaturated/α-hetero) is 1. The van der Waals surface area contributed by atoms with E-state index in [-0.39, 0.29) is 17.8 Å². The van der Waals surface area contributed by atoms with Crippen molar-refractivity contribution in [3.8, 4) is 0 Å². The van der Waals surface area contributed by atoms with Gasteiger partial charge in [0, 0.05) is 12.6 Å². The van der Waals surface area contributed by atoms with Crippen molar-refractivity contribution >= 4 is 5.78 Å². The molecule has 0 aliphatic rings. The number of hydrogen-bond acceptors (Lipinski definition) is 3. The van der Waals surface area contributed by atoms with Crippen LogP contribution in [-0.2, 0) is 0 Å². The van der Waals surface area contributed by atoms with Gasteiger partial charge in [-0.1, -0.05) is 6.92 Å². The van der Waals surface area contributed by atoms with Gasteiger partial charge in [-0.05, 0) is 0 Å². The second-order valence-corrected chi connectivity index (χ2v) is 2.26. The van der Waals surface area contributed by atoms with E-state index in [4.69, 9.17) is 0 Å². The number of H-pyrrole nitrogens is 2. The molecule has 0 amide bonds. The number of carbonyl (C=O) groups is 1. The van der Waals surface area contributed by atoms with Crippen molar-refractivity contribution in [1.82, 2.24) is 9.97 Å². The summed E-state index contributed by atoms with van der Waals surface area (Å²) in [5, 5.41) is 0. The highest BCUT2D eigenvalue weighted by atomic mass is 16.2. The third-order valence-electron chi connectivity index (χ3n) is 1.44. The van der Waals surface area contributed by atoms with Gasteiger partial charge in [-0.15, -0.1) is 0 Å². The molecule has 0 unspecified atom stereocenters. The molecule has 12 heavy (non-hydrogen) atoms. The molecule has 0 radical (unpaired) electrons. The minimum atomic E-state index is -0.634. The Morgan fingerprint density at radius 2 is 2.17 bits per heavy atom. The smallest absolute Gasteiger partial charge is 0.313 e. The van der Waals surface area contributed by atoms with Crippen molar-refractivity contribution in [1.29, 1.82) is 0 Å². The molecule has 5 nitrogen and oxygen atoms in total. The Morgan fingerprint density at radius 1 is 1.50 bits per heavy atom. The summed E-state index contributed by atoms with van der Waals surface area (Å²) in [6.07, 6.45) is 1.38. The van der Waals surface area contributed by atoms with Crippen molar-refractivity contribution in [2.75, 3.05) is 0 Å². The topological polar surface area (TPSA) is 82.8 Å². The van der Waals surface area contributed by atoms with E-state index < -0.39 is 11.2 Å². The molecule has 1 heterocycles. The van der Waals surface area contributed by atoms with E-state index in [2.05, 4.69) is 4.98 Å². The van der Waals surface area contributed by atoms with Gasteiger partial charge in [-0.3, -0.25) is 14.6 Å². The lowest BCUT2D eigenvalue weighted by Gasteiger charge is -1.93. The van der Waals surface area contributed by atoms with E-state index in [9.17, 15) is 14.4 Å². The number of ketones is 1. The van der Waals surface area contributed by atoms with Gasteiger partial charge in [0.25, 0.3) is 5.56 Å². The summed E-state index contributed by atoms with van der Waals surface area (Å²) in [6, 6.07) is 0. The lowest BCUT2D eigenvalue weighted by Crippen LogP contribution is -2.26. The fraction of sp³-hybridized carbons (Fsp3) is 0.286. The minimum Gasteiger partial charge on any atom is -0.313 e. The molecule has 64 valence electrons. The van der Waals surface area contributed by atoms with Gasteiger partial charge in [-0.25, -0.2) is 4.79 Å². The van der Waals surface area contributed by atoms with Crippen LogP contribution >= 0.6 is 0 Å². The van der Waals surface area contributed by atoms with Crippen molar-refractivity contribution in [2.24, 2.45) is 0 Å². The van der Waals surface area contributed by atoms with Crippen molar-refractivity contribution < 1.29 is 4.79 Å². The average Bonchev–Trinajstić information content (AvgIpc) is 2.03. The molecule has 0 aromatic carbocycles. The fourth-order valence-corrected chi connectivity index (χ4v) is 0.807. The number of aromatic amines is 2. The molecule has 0 aliphatic carbocycles. The maximum absolute atomic E-state index is 11.0. The molecule has 0 fully saturated rings. The SMILES string of the molecule is CCC(=O)c1c[nH]c(=O)[nH]c1=O. The van der Waals surface area contributed by atoms with Crippen LogP contribution in [0.1, 0.15) is 23.7 Å². The van der Waals surface area contributed by atoms with Crippen LogP contribution in [0.4, 0.5) is 0 Å². The summed E-state index contributed by atoms with van der Waals surface area (Å²) >= 11 is 0. The van der Waals surface area contributed by atoms with Gasteiger partial charge in [0.2, 0.25) is 0 Å². The summed E-state index contributed by atoms with van der Waals surface area (Å²) in [6.45, 7) is 1.65. The Kier molecular flexibility index (Phi) is 2.23. The standard InChI is InChI=1S/C7H8N2O3/c1-2-5(10)4-3-8-7(12)9-6(4)11/h3H,2H2,1H3,(H2,8,9,11,12). The predicted octanol–water partition coefficient (Wildman–Crippen LogP) is -0.344. The van der Waals surface area contributed by atoms with Gasteiger partial charge in [-0.2, -0.15) is 0 Å². The average molecular weight is 168 g/mol. The summed E-state index contributed by atoms with van der Waals surface area (Å²) < 4.78 is 0. The Bertz CT molecular complexity index is 402. The first-order valence-electron chi connectivity index (χ1n) is 3.50. The van der Waals surface area contributed by atoms with Gasteiger partial charge >= 0.3 is 5.69 Å². The first-order valence-corrected chi connectivity index (χ1v) is 3.50. The van der Waals surface area contributed by atoms with Crippen LogP contribution in [0.25, 0.3) is 0 Å². The van der Waals surface area contributed by atoms with E-state index >= 15 is 0 Å². The number of nitrogens with one attached hydrogen (secondary N) is 2. The maximum Gasteiger partial charge on any atom is 0.325 e. The first kappa shape index (κ1) is 8.45. The van der Waals surface area contributed by atoms with Gasteiger partial charge in [0.05, 0.1) is 5.56 Å². The molecule has 1 aromatic heterocycles. The third kappa shape index (κ3) is 1.50. The summed E-state index contributed by atoms with van der Waals surface area (Å²) in [5.41, 5.74) is -1.24. The Hall–Kier alpha value is -1.65. The largest absolute Gasteiger partial charge is 0.325 e.